The Balaban J connectivity index is 1.39. The van der Waals surface area contributed by atoms with Gasteiger partial charge in [0.2, 0.25) is 5.88 Å². The first kappa shape index (κ1) is 23.2. The van der Waals surface area contributed by atoms with Crippen LogP contribution in [0.2, 0.25) is 0 Å². The SMILES string of the molecule is CC(C)CN1C(O)=C(C(=O)NC2CC2)C(=O)N2NCC(/C=C/C(=O)N3CCOc4ccccc43)C12. The van der Waals surface area contributed by atoms with Crippen molar-refractivity contribution in [2.45, 2.75) is 38.9 Å². The molecule has 4 aliphatic rings. The van der Waals surface area contributed by atoms with Crippen molar-refractivity contribution in [1.29, 1.82) is 0 Å². The zero-order chi connectivity index (χ0) is 24.7. The van der Waals surface area contributed by atoms with Gasteiger partial charge in [-0.3, -0.25) is 14.4 Å². The van der Waals surface area contributed by atoms with Gasteiger partial charge in [0.1, 0.15) is 18.5 Å². The van der Waals surface area contributed by atoms with Crippen molar-refractivity contribution in [3.05, 3.63) is 47.9 Å². The minimum absolute atomic E-state index is 0.0606. The Bertz CT molecular complexity index is 1100. The predicted octanol–water partition coefficient (Wildman–Crippen LogP) is 1.28. The van der Waals surface area contributed by atoms with E-state index in [0.29, 0.717) is 32.0 Å². The van der Waals surface area contributed by atoms with Crippen LogP contribution in [0.3, 0.4) is 0 Å². The average molecular weight is 482 g/mol. The molecule has 0 radical (unpaired) electrons. The Hall–Kier alpha value is -3.53. The highest BCUT2D eigenvalue weighted by Gasteiger charge is 2.49. The predicted molar refractivity (Wildman–Crippen MR) is 128 cm³/mol. The summed E-state index contributed by atoms with van der Waals surface area (Å²) < 4.78 is 5.64. The molecule has 3 aliphatic heterocycles. The third-order valence-corrected chi connectivity index (χ3v) is 6.57. The normalized spacial score (nSPS) is 24.1. The van der Waals surface area contributed by atoms with Crippen LogP contribution in [0, 0.1) is 11.8 Å². The van der Waals surface area contributed by atoms with Crippen LogP contribution in [0.4, 0.5) is 5.69 Å². The third kappa shape index (κ3) is 4.45. The minimum atomic E-state index is -0.560. The Labute approximate surface area is 204 Å². The number of amides is 3. The van der Waals surface area contributed by atoms with Crippen LogP contribution in [0.1, 0.15) is 26.7 Å². The van der Waals surface area contributed by atoms with E-state index < -0.39 is 18.0 Å². The summed E-state index contributed by atoms with van der Waals surface area (Å²) in [7, 11) is 0. The number of carbonyl (C=O) groups is 3. The molecule has 2 unspecified atom stereocenters. The van der Waals surface area contributed by atoms with E-state index in [-0.39, 0.29) is 35.2 Å². The number of hydrazine groups is 1. The molecular weight excluding hydrogens is 450 g/mol. The highest BCUT2D eigenvalue weighted by molar-refractivity contribution is 6.19. The number of ether oxygens (including phenoxy) is 1. The first-order valence-corrected chi connectivity index (χ1v) is 12.1. The van der Waals surface area contributed by atoms with Gasteiger partial charge in [0.15, 0.2) is 5.57 Å². The third-order valence-electron chi connectivity index (χ3n) is 6.57. The number of para-hydroxylation sites is 2. The zero-order valence-corrected chi connectivity index (χ0v) is 19.9. The van der Waals surface area contributed by atoms with E-state index in [1.807, 2.05) is 38.1 Å². The van der Waals surface area contributed by atoms with E-state index in [2.05, 4.69) is 10.7 Å². The molecule has 35 heavy (non-hydrogen) atoms. The summed E-state index contributed by atoms with van der Waals surface area (Å²) >= 11 is 0. The minimum Gasteiger partial charge on any atom is -0.494 e. The number of nitrogens with zero attached hydrogens (tertiary/aromatic N) is 3. The lowest BCUT2D eigenvalue weighted by molar-refractivity contribution is -0.142. The molecule has 2 fully saturated rings. The summed E-state index contributed by atoms with van der Waals surface area (Å²) in [6.45, 7) is 5.70. The van der Waals surface area contributed by atoms with Crippen molar-refractivity contribution in [3.8, 4) is 5.75 Å². The van der Waals surface area contributed by atoms with Gasteiger partial charge in [0.05, 0.1) is 12.2 Å². The molecule has 3 amide bonds. The highest BCUT2D eigenvalue weighted by atomic mass is 16.5. The van der Waals surface area contributed by atoms with Crippen molar-refractivity contribution >= 4 is 23.4 Å². The molecule has 5 rings (SSSR count). The number of anilines is 1. The number of hydrogen-bond donors (Lipinski definition) is 3. The molecule has 1 aromatic carbocycles. The Morgan fingerprint density at radius 3 is 2.80 bits per heavy atom. The number of rotatable bonds is 6. The van der Waals surface area contributed by atoms with E-state index >= 15 is 0 Å². The molecular formula is C25H31N5O5. The molecule has 0 aromatic heterocycles. The lowest BCUT2D eigenvalue weighted by Crippen LogP contribution is -2.59. The zero-order valence-electron chi connectivity index (χ0n) is 19.9. The van der Waals surface area contributed by atoms with Gasteiger partial charge in [-0.15, -0.1) is 0 Å². The topological polar surface area (TPSA) is 114 Å². The van der Waals surface area contributed by atoms with Crippen LogP contribution in [0.15, 0.2) is 47.9 Å². The molecule has 186 valence electrons. The van der Waals surface area contributed by atoms with Crippen molar-refractivity contribution < 1.29 is 24.2 Å². The molecule has 1 aromatic rings. The van der Waals surface area contributed by atoms with Crippen LogP contribution in [0.5, 0.6) is 5.75 Å². The monoisotopic (exact) mass is 481 g/mol. The molecule has 3 N–H and O–H groups in total. The maximum Gasteiger partial charge on any atom is 0.280 e. The van der Waals surface area contributed by atoms with Gasteiger partial charge >= 0.3 is 0 Å². The Morgan fingerprint density at radius 1 is 1.29 bits per heavy atom. The summed E-state index contributed by atoms with van der Waals surface area (Å²) in [5.41, 5.74) is 3.55. The van der Waals surface area contributed by atoms with Crippen molar-refractivity contribution in [3.63, 3.8) is 0 Å². The van der Waals surface area contributed by atoms with E-state index in [4.69, 9.17) is 4.74 Å². The molecule has 1 saturated heterocycles. The first-order valence-electron chi connectivity index (χ1n) is 12.1. The smallest absolute Gasteiger partial charge is 0.280 e. The second kappa shape index (κ2) is 9.26. The Morgan fingerprint density at radius 2 is 2.06 bits per heavy atom. The van der Waals surface area contributed by atoms with Crippen LogP contribution >= 0.6 is 0 Å². The molecule has 10 nitrogen and oxygen atoms in total. The van der Waals surface area contributed by atoms with Crippen LogP contribution in [-0.4, -0.2) is 71.2 Å². The highest BCUT2D eigenvalue weighted by Crippen LogP contribution is 2.34. The van der Waals surface area contributed by atoms with Crippen LogP contribution in [-0.2, 0) is 14.4 Å². The molecule has 0 bridgehead atoms. The number of fused-ring (bicyclic) bond motifs is 2. The number of nitrogens with one attached hydrogen (secondary N) is 2. The largest absolute Gasteiger partial charge is 0.494 e. The van der Waals surface area contributed by atoms with Crippen molar-refractivity contribution in [2.75, 3.05) is 31.1 Å². The van der Waals surface area contributed by atoms with Gasteiger partial charge in [0, 0.05) is 25.0 Å². The Kier molecular flexibility index (Phi) is 6.14. The molecule has 10 heteroatoms. The fourth-order valence-electron chi connectivity index (χ4n) is 4.78. The second-order valence-corrected chi connectivity index (χ2v) is 9.77. The molecule has 2 atom stereocenters. The summed E-state index contributed by atoms with van der Waals surface area (Å²) in [6.07, 6.45) is 4.50. The average Bonchev–Trinajstić information content (AvgIpc) is 3.55. The summed E-state index contributed by atoms with van der Waals surface area (Å²) in [5, 5.41) is 15.3. The fraction of sp³-hybridized carbons (Fsp3) is 0.480. The standard InChI is InChI=1S/C25H31N5O5/c1-15(2)14-29-23-16(7-10-20(31)28-11-12-35-19-6-4-3-5-18(19)28)13-26-30(23)25(34)21(24(29)33)22(32)27-17-8-9-17/h3-7,10,15-17,23,26,33H,8-9,11-14H2,1-2H3,(H,27,32)/b10-7+. The van der Waals surface area contributed by atoms with Gasteiger partial charge < -0.3 is 25.0 Å². The van der Waals surface area contributed by atoms with Crippen LogP contribution in [0.25, 0.3) is 0 Å². The number of carbonyl (C=O) groups excluding carboxylic acids is 3. The van der Waals surface area contributed by atoms with E-state index in [9.17, 15) is 19.5 Å². The van der Waals surface area contributed by atoms with E-state index in [0.717, 1.165) is 18.5 Å². The van der Waals surface area contributed by atoms with E-state index in [1.54, 1.807) is 15.9 Å². The first-order chi connectivity index (χ1) is 16.8. The fourth-order valence-corrected chi connectivity index (χ4v) is 4.78. The summed E-state index contributed by atoms with van der Waals surface area (Å²) in [5.74, 6) is -1.04. The maximum atomic E-state index is 13.2. The van der Waals surface area contributed by atoms with Gasteiger partial charge in [-0.2, -0.15) is 0 Å². The number of benzene rings is 1. The number of aliphatic hydroxyl groups is 1. The van der Waals surface area contributed by atoms with Gasteiger partial charge in [0.25, 0.3) is 17.7 Å². The summed E-state index contributed by atoms with van der Waals surface area (Å²) in [6, 6.07) is 7.47. The molecule has 0 spiro atoms. The number of hydrogen-bond acceptors (Lipinski definition) is 7. The van der Waals surface area contributed by atoms with Gasteiger partial charge in [-0.05, 0) is 37.0 Å². The maximum absolute atomic E-state index is 13.2. The number of aliphatic hydroxyl groups excluding tert-OH is 1. The lowest BCUT2D eigenvalue weighted by Gasteiger charge is -2.42. The van der Waals surface area contributed by atoms with Gasteiger partial charge in [-0.1, -0.05) is 32.1 Å². The lowest BCUT2D eigenvalue weighted by atomic mass is 10.0. The quantitative estimate of drug-likeness (QED) is 0.414. The van der Waals surface area contributed by atoms with Crippen molar-refractivity contribution in [2.24, 2.45) is 11.8 Å². The molecule has 3 heterocycles. The molecule has 1 saturated carbocycles. The van der Waals surface area contributed by atoms with E-state index in [1.165, 1.54) is 11.1 Å². The second-order valence-electron chi connectivity index (χ2n) is 9.77. The summed E-state index contributed by atoms with van der Waals surface area (Å²) in [4.78, 5) is 42.4. The van der Waals surface area contributed by atoms with Gasteiger partial charge in [-0.25, -0.2) is 10.4 Å². The van der Waals surface area contributed by atoms with Crippen molar-refractivity contribution in [1.82, 2.24) is 20.7 Å². The van der Waals surface area contributed by atoms with Crippen LogP contribution < -0.4 is 20.4 Å². The molecule has 1 aliphatic carbocycles.